The molecule has 1 aromatic heterocycles. The smallest absolute Gasteiger partial charge is 0.269 e. The second-order valence-electron chi connectivity index (χ2n) is 3.41. The first-order valence-corrected chi connectivity index (χ1v) is 6.88. The fourth-order valence-corrected chi connectivity index (χ4v) is 1.61. The van der Waals surface area contributed by atoms with Crippen LogP contribution in [0.15, 0.2) is 22.8 Å². The van der Waals surface area contributed by atoms with E-state index in [1.165, 1.54) is 0 Å². The highest BCUT2D eigenvalue weighted by atomic mass is 79.9. The van der Waals surface area contributed by atoms with Crippen LogP contribution in [0.3, 0.4) is 0 Å². The van der Waals surface area contributed by atoms with Gasteiger partial charge in [-0.2, -0.15) is 0 Å². The Morgan fingerprint density at radius 1 is 1.56 bits per heavy atom. The number of aromatic nitrogens is 1. The van der Waals surface area contributed by atoms with Crippen molar-refractivity contribution in [2.75, 3.05) is 6.54 Å². The van der Waals surface area contributed by atoms with E-state index in [1.807, 2.05) is 0 Å². The van der Waals surface area contributed by atoms with Crippen molar-refractivity contribution in [1.29, 1.82) is 0 Å². The van der Waals surface area contributed by atoms with Crippen LogP contribution in [0.2, 0.25) is 0 Å². The van der Waals surface area contributed by atoms with Crippen molar-refractivity contribution in [2.24, 2.45) is 0 Å². The van der Waals surface area contributed by atoms with Gasteiger partial charge in [0.2, 0.25) is 0 Å². The molecule has 0 saturated heterocycles. The minimum absolute atomic E-state index is 0.122. The van der Waals surface area contributed by atoms with Crippen LogP contribution in [-0.2, 0) is 0 Å². The van der Waals surface area contributed by atoms with Gasteiger partial charge in [-0.1, -0.05) is 22.9 Å². The van der Waals surface area contributed by atoms with Gasteiger partial charge in [0.05, 0.1) is 0 Å². The Balaban J connectivity index is 2.38. The van der Waals surface area contributed by atoms with E-state index in [2.05, 4.69) is 49.1 Å². The van der Waals surface area contributed by atoms with Crippen molar-refractivity contribution in [3.05, 3.63) is 28.5 Å². The molecule has 88 valence electrons. The number of nitrogens with one attached hydrogen (secondary N) is 1. The van der Waals surface area contributed by atoms with Crippen LogP contribution in [0, 0.1) is 0 Å². The van der Waals surface area contributed by atoms with Gasteiger partial charge in [-0.3, -0.25) is 4.79 Å². The average molecular weight is 350 g/mol. The molecule has 0 aliphatic heterocycles. The fourth-order valence-electron chi connectivity index (χ4n) is 1.15. The summed E-state index contributed by atoms with van der Waals surface area (Å²) in [6, 6.07) is 3.51. The zero-order valence-electron chi connectivity index (χ0n) is 9.04. The quantitative estimate of drug-likeness (QED) is 0.830. The van der Waals surface area contributed by atoms with E-state index in [0.29, 0.717) is 17.1 Å². The first-order chi connectivity index (χ1) is 7.63. The first-order valence-electron chi connectivity index (χ1n) is 5.17. The molecule has 0 saturated carbocycles. The molecule has 1 atom stereocenters. The number of rotatable bonds is 5. The Morgan fingerprint density at radius 3 is 2.88 bits per heavy atom. The molecule has 16 heavy (non-hydrogen) atoms. The molecule has 0 fully saturated rings. The second kappa shape index (κ2) is 7.01. The largest absolute Gasteiger partial charge is 0.351 e. The van der Waals surface area contributed by atoms with E-state index >= 15 is 0 Å². The number of carbonyl (C=O) groups is 1. The molecule has 1 unspecified atom stereocenters. The number of pyridine rings is 1. The molecule has 0 aliphatic rings. The van der Waals surface area contributed by atoms with Crippen molar-refractivity contribution in [3.63, 3.8) is 0 Å². The lowest BCUT2D eigenvalue weighted by molar-refractivity contribution is 0.0948. The lowest BCUT2D eigenvalue weighted by atomic mass is 10.2. The standard InChI is InChI=1S/C11H14Br2N2O/c1-2-8(12)5-6-14-11(16)10-4-3-9(13)7-15-10/h3-4,7-8H,2,5-6H2,1H3,(H,14,16). The number of halogens is 2. The van der Waals surface area contributed by atoms with Gasteiger partial charge in [0, 0.05) is 22.0 Å². The SMILES string of the molecule is CCC(Br)CCNC(=O)c1ccc(Br)cn1. The average Bonchev–Trinajstić information content (AvgIpc) is 2.29. The van der Waals surface area contributed by atoms with Crippen LogP contribution in [0.25, 0.3) is 0 Å². The maximum atomic E-state index is 11.6. The van der Waals surface area contributed by atoms with E-state index in [1.54, 1.807) is 18.3 Å². The van der Waals surface area contributed by atoms with E-state index in [0.717, 1.165) is 17.3 Å². The van der Waals surface area contributed by atoms with Crippen molar-refractivity contribution in [1.82, 2.24) is 10.3 Å². The molecular formula is C11H14Br2N2O. The molecule has 5 heteroatoms. The summed E-state index contributed by atoms with van der Waals surface area (Å²) >= 11 is 6.79. The monoisotopic (exact) mass is 348 g/mol. The molecule has 1 aromatic rings. The highest BCUT2D eigenvalue weighted by Crippen LogP contribution is 2.09. The second-order valence-corrected chi connectivity index (χ2v) is 5.62. The van der Waals surface area contributed by atoms with E-state index in [9.17, 15) is 4.79 Å². The molecule has 0 radical (unpaired) electrons. The van der Waals surface area contributed by atoms with Gasteiger partial charge < -0.3 is 5.32 Å². The van der Waals surface area contributed by atoms with E-state index < -0.39 is 0 Å². The van der Waals surface area contributed by atoms with Gasteiger partial charge >= 0.3 is 0 Å². The first kappa shape index (κ1) is 13.6. The maximum Gasteiger partial charge on any atom is 0.269 e. The summed E-state index contributed by atoms with van der Waals surface area (Å²) in [5.74, 6) is -0.122. The van der Waals surface area contributed by atoms with Gasteiger partial charge in [-0.15, -0.1) is 0 Å². The molecular weight excluding hydrogens is 336 g/mol. The Morgan fingerprint density at radius 2 is 2.31 bits per heavy atom. The highest BCUT2D eigenvalue weighted by molar-refractivity contribution is 9.10. The van der Waals surface area contributed by atoms with E-state index in [4.69, 9.17) is 0 Å². The molecule has 1 heterocycles. The molecule has 1 amide bonds. The summed E-state index contributed by atoms with van der Waals surface area (Å²) in [5.41, 5.74) is 0.450. The van der Waals surface area contributed by atoms with E-state index in [-0.39, 0.29) is 5.91 Å². The third kappa shape index (κ3) is 4.61. The fraction of sp³-hybridized carbons (Fsp3) is 0.455. The summed E-state index contributed by atoms with van der Waals surface area (Å²) in [5, 5.41) is 2.84. The van der Waals surface area contributed by atoms with Crippen molar-refractivity contribution in [3.8, 4) is 0 Å². The maximum absolute atomic E-state index is 11.6. The van der Waals surface area contributed by atoms with Crippen LogP contribution in [0.4, 0.5) is 0 Å². The third-order valence-corrected chi connectivity index (χ3v) is 3.72. The number of hydrogen-bond donors (Lipinski definition) is 1. The molecule has 0 spiro atoms. The van der Waals surface area contributed by atoms with Gasteiger partial charge in [-0.25, -0.2) is 4.98 Å². The predicted molar refractivity (Wildman–Crippen MR) is 71.9 cm³/mol. The number of hydrogen-bond acceptors (Lipinski definition) is 2. The molecule has 1 N–H and O–H groups in total. The zero-order valence-corrected chi connectivity index (χ0v) is 12.2. The van der Waals surface area contributed by atoms with Crippen LogP contribution in [-0.4, -0.2) is 22.3 Å². The van der Waals surface area contributed by atoms with Crippen LogP contribution in [0.5, 0.6) is 0 Å². The van der Waals surface area contributed by atoms with Crippen LogP contribution >= 0.6 is 31.9 Å². The number of amides is 1. The molecule has 0 aliphatic carbocycles. The van der Waals surface area contributed by atoms with Crippen LogP contribution < -0.4 is 5.32 Å². The molecule has 0 aromatic carbocycles. The zero-order chi connectivity index (χ0) is 12.0. The third-order valence-electron chi connectivity index (χ3n) is 2.15. The normalized spacial score (nSPS) is 12.2. The van der Waals surface area contributed by atoms with Gasteiger partial charge in [0.1, 0.15) is 5.69 Å². The highest BCUT2D eigenvalue weighted by Gasteiger charge is 2.07. The van der Waals surface area contributed by atoms with Crippen LogP contribution in [0.1, 0.15) is 30.3 Å². The Labute approximate surface area is 112 Å². The Hall–Kier alpha value is -0.420. The minimum Gasteiger partial charge on any atom is -0.351 e. The number of carbonyl (C=O) groups excluding carboxylic acids is 1. The summed E-state index contributed by atoms with van der Waals surface area (Å²) in [4.78, 5) is 16.1. The lowest BCUT2D eigenvalue weighted by Gasteiger charge is -2.07. The topological polar surface area (TPSA) is 42.0 Å². The lowest BCUT2D eigenvalue weighted by Crippen LogP contribution is -2.26. The van der Waals surface area contributed by atoms with Gasteiger partial charge in [-0.05, 0) is 40.9 Å². The predicted octanol–water partition coefficient (Wildman–Crippen LogP) is 3.14. The van der Waals surface area contributed by atoms with Gasteiger partial charge in [0.15, 0.2) is 0 Å². The summed E-state index contributed by atoms with van der Waals surface area (Å²) < 4.78 is 0.871. The van der Waals surface area contributed by atoms with Crippen molar-refractivity contribution in [2.45, 2.75) is 24.6 Å². The molecule has 0 bridgehead atoms. The summed E-state index contributed by atoms with van der Waals surface area (Å²) in [6.07, 6.45) is 3.61. The summed E-state index contributed by atoms with van der Waals surface area (Å²) in [6.45, 7) is 2.78. The summed E-state index contributed by atoms with van der Waals surface area (Å²) in [7, 11) is 0. The Bertz CT molecular complexity index is 340. The van der Waals surface area contributed by atoms with Crippen molar-refractivity contribution >= 4 is 37.8 Å². The molecule has 3 nitrogen and oxygen atoms in total. The Kier molecular flexibility index (Phi) is 5.98. The van der Waals surface area contributed by atoms with Crippen molar-refractivity contribution < 1.29 is 4.79 Å². The number of nitrogens with zero attached hydrogens (tertiary/aromatic N) is 1. The van der Waals surface area contributed by atoms with Gasteiger partial charge in [0.25, 0.3) is 5.91 Å². The molecule has 1 rings (SSSR count). The number of alkyl halides is 1. The minimum atomic E-state index is -0.122.